The van der Waals surface area contributed by atoms with E-state index in [1.54, 1.807) is 25.3 Å². The van der Waals surface area contributed by atoms with Gasteiger partial charge >= 0.3 is 0 Å². The molecule has 5 rings (SSSR count). The molecule has 3 fully saturated rings. The molecule has 3 aliphatic heterocycles. The van der Waals surface area contributed by atoms with Crippen molar-refractivity contribution in [3.63, 3.8) is 0 Å². The number of hydrogen-bond acceptors (Lipinski definition) is 3. The summed E-state index contributed by atoms with van der Waals surface area (Å²) in [4.78, 5) is 27.4. The fourth-order valence-electron chi connectivity index (χ4n) is 4.08. The molecule has 0 saturated carbocycles. The Morgan fingerprint density at radius 1 is 1.19 bits per heavy atom. The minimum Gasteiger partial charge on any atom is -0.348 e. The van der Waals surface area contributed by atoms with E-state index in [0.717, 1.165) is 32.5 Å². The van der Waals surface area contributed by atoms with Crippen LogP contribution in [0.25, 0.3) is 5.69 Å². The van der Waals surface area contributed by atoms with Gasteiger partial charge in [-0.3, -0.25) is 14.2 Å². The molecule has 0 spiro atoms. The largest absolute Gasteiger partial charge is 0.348 e. The number of amides is 1. The third kappa shape index (κ3) is 3.17. The van der Waals surface area contributed by atoms with Crippen LogP contribution >= 0.6 is 0 Å². The first-order valence-corrected chi connectivity index (χ1v) is 9.04. The van der Waals surface area contributed by atoms with Crippen molar-refractivity contribution in [2.75, 3.05) is 19.6 Å². The number of hydrogen-bond donors (Lipinski definition) is 1. The first-order valence-electron chi connectivity index (χ1n) is 9.04. The van der Waals surface area contributed by atoms with Crippen LogP contribution in [0.1, 0.15) is 28.8 Å². The van der Waals surface area contributed by atoms with Crippen LogP contribution in [0.5, 0.6) is 0 Å². The second-order valence-corrected chi connectivity index (χ2v) is 7.27. The normalized spacial score (nSPS) is 24.5. The van der Waals surface area contributed by atoms with Crippen LogP contribution in [0.15, 0.2) is 41.3 Å². The Kier molecular flexibility index (Phi) is 4.36. The van der Waals surface area contributed by atoms with Gasteiger partial charge in [0.15, 0.2) is 0 Å². The molecule has 1 amide bonds. The SMILES string of the molecule is Cc1cc(F)ccc1-n1cc(C(=O)NC2CN3CCC2CC3)ccc1=O. The van der Waals surface area contributed by atoms with Crippen molar-refractivity contribution in [3.8, 4) is 5.69 Å². The Hall–Kier alpha value is -2.47. The second-order valence-electron chi connectivity index (χ2n) is 7.27. The van der Waals surface area contributed by atoms with Crippen LogP contribution in [0.4, 0.5) is 4.39 Å². The Labute approximate surface area is 151 Å². The van der Waals surface area contributed by atoms with E-state index < -0.39 is 0 Å². The summed E-state index contributed by atoms with van der Waals surface area (Å²) in [6.07, 6.45) is 3.79. The van der Waals surface area contributed by atoms with Crippen molar-refractivity contribution < 1.29 is 9.18 Å². The van der Waals surface area contributed by atoms with Gasteiger partial charge in [-0.05, 0) is 68.6 Å². The lowest BCUT2D eigenvalue weighted by atomic mass is 9.84. The van der Waals surface area contributed by atoms with Gasteiger partial charge in [-0.2, -0.15) is 0 Å². The van der Waals surface area contributed by atoms with Crippen molar-refractivity contribution in [1.82, 2.24) is 14.8 Å². The molecule has 136 valence electrons. The summed E-state index contributed by atoms with van der Waals surface area (Å²) in [6.45, 7) is 4.87. The number of nitrogens with one attached hydrogen (secondary N) is 1. The molecule has 1 aromatic carbocycles. The first kappa shape index (κ1) is 17.0. The van der Waals surface area contributed by atoms with Crippen LogP contribution < -0.4 is 10.9 Å². The molecule has 1 unspecified atom stereocenters. The summed E-state index contributed by atoms with van der Waals surface area (Å²) in [5.41, 5.74) is 1.40. The minimum absolute atomic E-state index is 0.165. The zero-order chi connectivity index (χ0) is 18.3. The standard InChI is InChI=1S/C20H22FN3O2/c1-13-10-16(21)3-4-18(13)24-11-15(2-5-19(24)25)20(26)22-17-12-23-8-6-14(17)7-9-23/h2-5,10-11,14,17H,6-9,12H2,1H3,(H,22,26). The Morgan fingerprint density at radius 3 is 2.62 bits per heavy atom. The molecule has 0 radical (unpaired) electrons. The zero-order valence-corrected chi connectivity index (χ0v) is 14.7. The van der Waals surface area contributed by atoms with Crippen molar-refractivity contribution in [2.24, 2.45) is 5.92 Å². The Morgan fingerprint density at radius 2 is 1.96 bits per heavy atom. The third-order valence-electron chi connectivity index (χ3n) is 5.56. The van der Waals surface area contributed by atoms with Gasteiger partial charge in [-0.15, -0.1) is 0 Å². The highest BCUT2D eigenvalue weighted by Gasteiger charge is 2.35. The molecule has 6 heteroatoms. The lowest BCUT2D eigenvalue weighted by Gasteiger charge is -2.44. The number of piperidine rings is 3. The number of aromatic nitrogens is 1. The number of rotatable bonds is 3. The molecule has 4 heterocycles. The molecule has 2 bridgehead atoms. The van der Waals surface area contributed by atoms with Crippen LogP contribution in [-0.2, 0) is 0 Å². The number of aryl methyl sites for hydroxylation is 1. The summed E-state index contributed by atoms with van der Waals surface area (Å²) in [7, 11) is 0. The van der Waals surface area contributed by atoms with E-state index in [4.69, 9.17) is 0 Å². The monoisotopic (exact) mass is 355 g/mol. The number of carbonyl (C=O) groups is 1. The number of benzene rings is 1. The quantitative estimate of drug-likeness (QED) is 0.918. The molecular formula is C20H22FN3O2. The van der Waals surface area contributed by atoms with Gasteiger partial charge in [0, 0.05) is 24.8 Å². The third-order valence-corrected chi connectivity index (χ3v) is 5.56. The average Bonchev–Trinajstić information content (AvgIpc) is 2.63. The number of pyridine rings is 1. The van der Waals surface area contributed by atoms with Gasteiger partial charge in [-0.1, -0.05) is 0 Å². The van der Waals surface area contributed by atoms with E-state index in [9.17, 15) is 14.0 Å². The average molecular weight is 355 g/mol. The number of nitrogens with zero attached hydrogens (tertiary/aromatic N) is 2. The van der Waals surface area contributed by atoms with Crippen molar-refractivity contribution in [3.05, 3.63) is 63.8 Å². The number of carbonyl (C=O) groups excluding carboxylic acids is 1. The first-order chi connectivity index (χ1) is 12.5. The number of halogens is 1. The summed E-state index contributed by atoms with van der Waals surface area (Å²) in [6, 6.07) is 7.35. The molecule has 1 aromatic heterocycles. The van der Waals surface area contributed by atoms with Gasteiger partial charge < -0.3 is 10.2 Å². The van der Waals surface area contributed by atoms with Crippen LogP contribution in [0.2, 0.25) is 0 Å². The minimum atomic E-state index is -0.351. The maximum atomic E-state index is 13.4. The van der Waals surface area contributed by atoms with Gasteiger partial charge in [0.05, 0.1) is 11.3 Å². The molecular weight excluding hydrogens is 333 g/mol. The molecule has 26 heavy (non-hydrogen) atoms. The summed E-state index contributed by atoms with van der Waals surface area (Å²) in [5, 5.41) is 3.13. The Balaban J connectivity index is 1.59. The fourth-order valence-corrected chi connectivity index (χ4v) is 4.08. The van der Waals surface area contributed by atoms with Crippen molar-refractivity contribution in [2.45, 2.75) is 25.8 Å². The fraction of sp³-hybridized carbons (Fsp3) is 0.400. The highest BCUT2D eigenvalue weighted by molar-refractivity contribution is 5.94. The molecule has 0 aliphatic carbocycles. The van der Waals surface area contributed by atoms with Gasteiger partial charge in [0.25, 0.3) is 11.5 Å². The highest BCUT2D eigenvalue weighted by atomic mass is 19.1. The van der Waals surface area contributed by atoms with Crippen LogP contribution in [0, 0.1) is 18.7 Å². The van der Waals surface area contributed by atoms with E-state index in [0.29, 0.717) is 22.7 Å². The van der Waals surface area contributed by atoms with Crippen molar-refractivity contribution >= 4 is 5.91 Å². The maximum absolute atomic E-state index is 13.4. The second kappa shape index (κ2) is 6.68. The summed E-state index contributed by atoms with van der Waals surface area (Å²) < 4.78 is 14.8. The molecule has 1 atom stereocenters. The summed E-state index contributed by atoms with van der Waals surface area (Å²) >= 11 is 0. The van der Waals surface area contributed by atoms with Crippen LogP contribution in [0.3, 0.4) is 0 Å². The predicted molar refractivity (Wildman–Crippen MR) is 97.2 cm³/mol. The van der Waals surface area contributed by atoms with Crippen molar-refractivity contribution in [1.29, 1.82) is 0 Å². The molecule has 3 saturated heterocycles. The smallest absolute Gasteiger partial charge is 0.255 e. The zero-order valence-electron chi connectivity index (χ0n) is 14.7. The van der Waals surface area contributed by atoms with E-state index in [1.807, 2.05) is 0 Å². The highest BCUT2D eigenvalue weighted by Crippen LogP contribution is 2.27. The van der Waals surface area contributed by atoms with Gasteiger partial charge in [0.1, 0.15) is 5.82 Å². The number of fused-ring (bicyclic) bond motifs is 3. The molecule has 3 aliphatic rings. The Bertz CT molecular complexity index is 900. The van der Waals surface area contributed by atoms with Crippen LogP contribution in [-0.4, -0.2) is 41.1 Å². The van der Waals surface area contributed by atoms with E-state index in [2.05, 4.69) is 10.2 Å². The van der Waals surface area contributed by atoms with E-state index in [-0.39, 0.29) is 23.3 Å². The predicted octanol–water partition coefficient (Wildman–Crippen LogP) is 2.11. The van der Waals surface area contributed by atoms with Gasteiger partial charge in [-0.25, -0.2) is 4.39 Å². The maximum Gasteiger partial charge on any atom is 0.255 e. The lowest BCUT2D eigenvalue weighted by Crippen LogP contribution is -2.57. The van der Waals surface area contributed by atoms with E-state index >= 15 is 0 Å². The molecule has 5 nitrogen and oxygen atoms in total. The molecule has 1 N–H and O–H groups in total. The lowest BCUT2D eigenvalue weighted by molar-refractivity contribution is 0.0620. The molecule has 2 aromatic rings. The topological polar surface area (TPSA) is 54.3 Å². The van der Waals surface area contributed by atoms with Gasteiger partial charge in [0.2, 0.25) is 0 Å². The summed E-state index contributed by atoms with van der Waals surface area (Å²) in [5.74, 6) is 0.0158. The van der Waals surface area contributed by atoms with E-state index in [1.165, 1.54) is 22.8 Å².